The summed E-state index contributed by atoms with van der Waals surface area (Å²) in [6.45, 7) is 6.35. The van der Waals surface area contributed by atoms with Crippen LogP contribution in [0.2, 0.25) is 0 Å². The molecule has 1 atom stereocenters. The van der Waals surface area contributed by atoms with E-state index in [9.17, 15) is 14.4 Å². The Balaban J connectivity index is 4.50. The fraction of sp³-hybridized carbons (Fsp3) is 0.630. The van der Waals surface area contributed by atoms with E-state index in [1.54, 1.807) is 0 Å². The Hall–Kier alpha value is -4.71. The highest BCUT2D eigenvalue weighted by Gasteiger charge is 2.19. The largest absolute Gasteiger partial charge is 0.462 e. The Morgan fingerprint density at radius 3 is 0.785 bits per heavy atom. The lowest BCUT2D eigenvalue weighted by molar-refractivity contribution is -0.167. The number of carbonyl (C=O) groups is 3. The third-order valence-corrected chi connectivity index (χ3v) is 13.3. The van der Waals surface area contributed by atoms with Crippen molar-refractivity contribution in [3.8, 4) is 0 Å². The van der Waals surface area contributed by atoms with Gasteiger partial charge in [0.1, 0.15) is 13.2 Å². The number of carbonyl (C=O) groups excluding carboxylic acids is 3. The molecule has 0 spiro atoms. The second-order valence-corrected chi connectivity index (χ2v) is 20.9. The van der Waals surface area contributed by atoms with E-state index in [4.69, 9.17) is 14.2 Å². The summed E-state index contributed by atoms with van der Waals surface area (Å²) >= 11 is 0. The summed E-state index contributed by atoms with van der Waals surface area (Å²) in [7, 11) is 0. The highest BCUT2D eigenvalue weighted by molar-refractivity contribution is 5.71. The molecule has 1 unspecified atom stereocenters. The summed E-state index contributed by atoms with van der Waals surface area (Å²) in [5, 5.41) is 0. The predicted molar refractivity (Wildman–Crippen MR) is 343 cm³/mol. The van der Waals surface area contributed by atoms with Crippen LogP contribution in [-0.4, -0.2) is 37.2 Å². The first kappa shape index (κ1) is 74.3. The molecule has 0 aromatic heterocycles. The van der Waals surface area contributed by atoms with E-state index in [1.165, 1.54) is 96.3 Å². The molecule has 6 heteroatoms. The van der Waals surface area contributed by atoms with E-state index in [2.05, 4.69) is 167 Å². The molecule has 0 saturated carbocycles. The monoisotopic (exact) mass is 1090 g/mol. The van der Waals surface area contributed by atoms with Crippen molar-refractivity contribution in [2.24, 2.45) is 0 Å². The first-order valence-electron chi connectivity index (χ1n) is 32.3. The molecule has 0 aliphatic carbocycles. The lowest BCUT2D eigenvalue weighted by Crippen LogP contribution is -2.30. The van der Waals surface area contributed by atoms with E-state index in [1.807, 2.05) is 0 Å². The Kier molecular flexibility index (Phi) is 61.9. The topological polar surface area (TPSA) is 78.9 Å². The molecular formula is C73H118O6. The van der Waals surface area contributed by atoms with Crippen molar-refractivity contribution >= 4 is 17.9 Å². The van der Waals surface area contributed by atoms with Crippen LogP contribution in [0.25, 0.3) is 0 Å². The molecule has 79 heavy (non-hydrogen) atoms. The Bertz CT molecular complexity index is 1730. The van der Waals surface area contributed by atoms with Crippen LogP contribution in [0.5, 0.6) is 0 Å². The van der Waals surface area contributed by atoms with Gasteiger partial charge < -0.3 is 14.2 Å². The molecule has 0 aliphatic heterocycles. The van der Waals surface area contributed by atoms with Gasteiger partial charge in [-0.2, -0.15) is 0 Å². The minimum atomic E-state index is -0.819. The summed E-state index contributed by atoms with van der Waals surface area (Å²) in [5.41, 5.74) is 0. The zero-order chi connectivity index (χ0) is 57.1. The Labute approximate surface area is 487 Å². The molecular weight excluding hydrogens is 973 g/mol. The SMILES string of the molecule is CC/C=C\C/C=C\C/C=C\C/C=C\C/C=C\CCCCCC(=O)OCC(COC(=O)CCCCCCCCCCCCC/C=C\C/C=C\CCCCCCC)OC(=O)CCCCC/C=C\C/C=C\C/C=C\C/C=C\C/C=C\CC. The minimum absolute atomic E-state index is 0.108. The van der Waals surface area contributed by atoms with Gasteiger partial charge in [0, 0.05) is 19.3 Å². The summed E-state index contributed by atoms with van der Waals surface area (Å²) in [5.74, 6) is -0.976. The van der Waals surface area contributed by atoms with Crippen LogP contribution < -0.4 is 0 Å². The van der Waals surface area contributed by atoms with E-state index in [0.29, 0.717) is 19.3 Å². The van der Waals surface area contributed by atoms with Crippen LogP contribution in [0.3, 0.4) is 0 Å². The van der Waals surface area contributed by atoms with Crippen molar-refractivity contribution in [1.82, 2.24) is 0 Å². The molecule has 0 radical (unpaired) electrons. The number of allylic oxidation sites excluding steroid dienone is 24. The summed E-state index contributed by atoms with van der Waals surface area (Å²) in [4.78, 5) is 38.4. The normalized spacial score (nSPS) is 13.1. The second-order valence-electron chi connectivity index (χ2n) is 20.9. The first-order chi connectivity index (χ1) is 39.0. The lowest BCUT2D eigenvalue weighted by Gasteiger charge is -2.18. The molecule has 0 heterocycles. The van der Waals surface area contributed by atoms with Crippen LogP contribution in [0.1, 0.15) is 278 Å². The van der Waals surface area contributed by atoms with Crippen LogP contribution in [0, 0.1) is 0 Å². The number of ether oxygens (including phenoxy) is 3. The fourth-order valence-electron chi connectivity index (χ4n) is 8.53. The number of hydrogen-bond acceptors (Lipinski definition) is 6. The number of rotatable bonds is 57. The van der Waals surface area contributed by atoms with E-state index in [-0.39, 0.29) is 37.5 Å². The van der Waals surface area contributed by atoms with Crippen LogP contribution >= 0.6 is 0 Å². The molecule has 0 aliphatic rings. The average Bonchev–Trinajstić information content (AvgIpc) is 3.45. The smallest absolute Gasteiger partial charge is 0.306 e. The zero-order valence-corrected chi connectivity index (χ0v) is 51.1. The van der Waals surface area contributed by atoms with Crippen LogP contribution in [0.15, 0.2) is 146 Å². The van der Waals surface area contributed by atoms with Crippen LogP contribution in [0.4, 0.5) is 0 Å². The Morgan fingerprint density at radius 2 is 0.494 bits per heavy atom. The van der Waals surface area contributed by atoms with Crippen molar-refractivity contribution in [2.75, 3.05) is 13.2 Å². The predicted octanol–water partition coefficient (Wildman–Crippen LogP) is 22.3. The highest BCUT2D eigenvalue weighted by Crippen LogP contribution is 2.15. The standard InChI is InChI=1S/C73H118O6/c1-4-7-10-13-16-19-22-25-28-31-34-35-36-37-40-42-45-48-51-54-57-60-63-66-72(75)78-69-70(79-73(76)67-64-61-58-55-52-49-46-43-39-33-30-27-24-21-18-15-12-9-6-3)68-77-71(74)65-62-59-56-53-50-47-44-41-38-32-29-26-23-20-17-14-11-8-5-2/h8-9,11-12,17-18,20-22,25-27,29-31,34,38-39,41,43,47,49-50,52,70H,4-7,10,13-16,19,23-24,28,32-33,35-37,40,42,44-46,48,51,53-69H2,1-3H3/b11-8-,12-9-,20-17-,21-18-,25-22-,29-26-,30-27-,34-31-,41-38-,43-39-,50-47-,52-49-. The fourth-order valence-corrected chi connectivity index (χ4v) is 8.53. The van der Waals surface area contributed by atoms with Crippen molar-refractivity contribution in [2.45, 2.75) is 284 Å². The van der Waals surface area contributed by atoms with Gasteiger partial charge in [0.25, 0.3) is 0 Å². The highest BCUT2D eigenvalue weighted by atomic mass is 16.6. The van der Waals surface area contributed by atoms with Gasteiger partial charge in [-0.25, -0.2) is 0 Å². The number of esters is 3. The summed E-state index contributed by atoms with van der Waals surface area (Å²) in [6, 6.07) is 0. The number of hydrogen-bond donors (Lipinski definition) is 0. The maximum atomic E-state index is 12.9. The number of unbranched alkanes of at least 4 members (excludes halogenated alkanes) is 22. The third-order valence-electron chi connectivity index (χ3n) is 13.3. The van der Waals surface area contributed by atoms with E-state index < -0.39 is 6.10 Å². The van der Waals surface area contributed by atoms with Gasteiger partial charge in [-0.3, -0.25) is 14.4 Å². The van der Waals surface area contributed by atoms with Gasteiger partial charge in [-0.05, 0) is 141 Å². The van der Waals surface area contributed by atoms with Crippen molar-refractivity contribution in [3.63, 3.8) is 0 Å². The van der Waals surface area contributed by atoms with Gasteiger partial charge in [0.15, 0.2) is 6.10 Å². The summed E-state index contributed by atoms with van der Waals surface area (Å²) in [6.07, 6.45) is 94.2. The molecule has 0 amide bonds. The molecule has 0 fully saturated rings. The molecule has 0 N–H and O–H groups in total. The Morgan fingerprint density at radius 1 is 0.266 bits per heavy atom. The summed E-state index contributed by atoms with van der Waals surface area (Å²) < 4.78 is 16.9. The molecule has 0 rings (SSSR count). The van der Waals surface area contributed by atoms with Gasteiger partial charge in [-0.1, -0.05) is 263 Å². The maximum Gasteiger partial charge on any atom is 0.306 e. The average molecular weight is 1090 g/mol. The van der Waals surface area contributed by atoms with Crippen molar-refractivity contribution in [1.29, 1.82) is 0 Å². The maximum absolute atomic E-state index is 12.9. The molecule has 0 aromatic rings. The zero-order valence-electron chi connectivity index (χ0n) is 51.1. The molecule has 6 nitrogen and oxygen atoms in total. The third kappa shape index (κ3) is 64.0. The molecule has 0 aromatic carbocycles. The van der Waals surface area contributed by atoms with Crippen molar-refractivity contribution in [3.05, 3.63) is 146 Å². The van der Waals surface area contributed by atoms with Crippen LogP contribution in [-0.2, 0) is 28.6 Å². The molecule has 0 saturated heterocycles. The first-order valence-corrected chi connectivity index (χ1v) is 32.3. The van der Waals surface area contributed by atoms with Gasteiger partial charge >= 0.3 is 17.9 Å². The second kappa shape index (κ2) is 65.8. The minimum Gasteiger partial charge on any atom is -0.462 e. The lowest BCUT2D eigenvalue weighted by atomic mass is 10.0. The van der Waals surface area contributed by atoms with E-state index >= 15 is 0 Å². The van der Waals surface area contributed by atoms with Gasteiger partial charge in [0.05, 0.1) is 0 Å². The molecule has 446 valence electrons. The van der Waals surface area contributed by atoms with Crippen molar-refractivity contribution < 1.29 is 28.6 Å². The van der Waals surface area contributed by atoms with Gasteiger partial charge in [-0.15, -0.1) is 0 Å². The van der Waals surface area contributed by atoms with Gasteiger partial charge in [0.2, 0.25) is 0 Å². The quantitative estimate of drug-likeness (QED) is 0.0261. The van der Waals surface area contributed by atoms with E-state index in [0.717, 1.165) is 135 Å². The molecule has 0 bridgehead atoms.